The van der Waals surface area contributed by atoms with Crippen molar-refractivity contribution in [3.05, 3.63) is 49.9 Å². The summed E-state index contributed by atoms with van der Waals surface area (Å²) < 4.78 is 37.5. The normalized spacial score (nSPS) is 13.6. The fourth-order valence-corrected chi connectivity index (χ4v) is 3.11. The van der Waals surface area contributed by atoms with Gasteiger partial charge in [0.2, 0.25) is 0 Å². The lowest BCUT2D eigenvalue weighted by molar-refractivity contribution is -0.141. The van der Waals surface area contributed by atoms with E-state index in [1.165, 1.54) is 11.3 Å². The monoisotopic (exact) mass is 321 g/mol. The van der Waals surface area contributed by atoms with Gasteiger partial charge in [-0.25, -0.2) is 4.98 Å². The van der Waals surface area contributed by atoms with E-state index >= 15 is 0 Å². The van der Waals surface area contributed by atoms with Gasteiger partial charge in [0.25, 0.3) is 0 Å². The fraction of sp³-hybridized carbons (Fsp3) is 0.308. The highest BCUT2D eigenvalue weighted by Gasteiger charge is 2.33. The molecule has 1 unspecified atom stereocenters. The van der Waals surface area contributed by atoms with E-state index in [0.717, 1.165) is 21.9 Å². The van der Waals surface area contributed by atoms with Crippen LogP contribution in [0.1, 0.15) is 32.7 Å². The van der Waals surface area contributed by atoms with Crippen molar-refractivity contribution in [2.75, 3.05) is 0 Å². The summed E-state index contributed by atoms with van der Waals surface area (Å²) in [6.07, 6.45) is -5.63. The first-order chi connectivity index (χ1) is 9.20. The van der Waals surface area contributed by atoms with Crippen LogP contribution < -0.4 is 0 Å². The molecule has 0 spiro atoms. The van der Waals surface area contributed by atoms with E-state index in [1.807, 2.05) is 13.8 Å². The van der Waals surface area contributed by atoms with Crippen LogP contribution in [0.5, 0.6) is 0 Å². The van der Waals surface area contributed by atoms with E-state index in [1.54, 1.807) is 6.07 Å². The van der Waals surface area contributed by atoms with Gasteiger partial charge in [-0.3, -0.25) is 0 Å². The second-order valence-electron chi connectivity index (χ2n) is 4.35. The summed E-state index contributed by atoms with van der Waals surface area (Å²) in [6, 6.07) is 3.77. The van der Waals surface area contributed by atoms with Gasteiger partial charge in [0.05, 0.1) is 0 Å². The Morgan fingerprint density at radius 3 is 2.35 bits per heavy atom. The van der Waals surface area contributed by atoms with Gasteiger partial charge in [0.1, 0.15) is 17.0 Å². The van der Waals surface area contributed by atoms with Crippen molar-refractivity contribution >= 4 is 22.9 Å². The number of thiophene rings is 1. The van der Waals surface area contributed by atoms with Crippen LogP contribution >= 0.6 is 22.9 Å². The lowest BCUT2D eigenvalue weighted by Crippen LogP contribution is -2.10. The van der Waals surface area contributed by atoms with Gasteiger partial charge >= 0.3 is 6.18 Å². The molecule has 0 bridgehead atoms. The first-order valence-electron chi connectivity index (χ1n) is 5.68. The Hall–Kier alpha value is -1.11. The zero-order valence-corrected chi connectivity index (χ0v) is 12.2. The van der Waals surface area contributed by atoms with Crippen LogP contribution in [0.2, 0.25) is 5.15 Å². The Labute approximate surface area is 122 Å². The van der Waals surface area contributed by atoms with E-state index in [2.05, 4.69) is 4.98 Å². The number of halogens is 4. The number of aliphatic hydroxyl groups is 1. The molecule has 108 valence electrons. The van der Waals surface area contributed by atoms with Crippen molar-refractivity contribution in [1.29, 1.82) is 0 Å². The predicted octanol–water partition coefficient (Wildman–Crippen LogP) is 4.51. The molecule has 0 radical (unpaired) electrons. The minimum absolute atomic E-state index is 0.167. The third-order valence-electron chi connectivity index (χ3n) is 2.84. The maximum atomic E-state index is 12.5. The zero-order chi connectivity index (χ0) is 15.1. The minimum atomic E-state index is -4.55. The summed E-state index contributed by atoms with van der Waals surface area (Å²) in [4.78, 5) is 5.21. The lowest BCUT2D eigenvalue weighted by Gasteiger charge is -2.14. The maximum Gasteiger partial charge on any atom is 0.433 e. The number of aromatic nitrogens is 1. The Bertz CT molecular complexity index is 639. The van der Waals surface area contributed by atoms with E-state index in [0.29, 0.717) is 5.56 Å². The summed E-state index contributed by atoms with van der Waals surface area (Å²) in [6.45, 7) is 3.72. The third-order valence-corrected chi connectivity index (χ3v) is 4.12. The van der Waals surface area contributed by atoms with E-state index in [4.69, 9.17) is 11.6 Å². The average molecular weight is 322 g/mol. The van der Waals surface area contributed by atoms with Crippen molar-refractivity contribution in [1.82, 2.24) is 4.98 Å². The number of rotatable bonds is 2. The van der Waals surface area contributed by atoms with Crippen molar-refractivity contribution in [3.63, 3.8) is 0 Å². The molecule has 2 nitrogen and oxygen atoms in total. The molecule has 20 heavy (non-hydrogen) atoms. The van der Waals surface area contributed by atoms with Crippen LogP contribution in [0.4, 0.5) is 13.2 Å². The Kier molecular flexibility index (Phi) is 4.09. The number of nitrogens with zero attached hydrogens (tertiary/aromatic N) is 1. The van der Waals surface area contributed by atoms with Gasteiger partial charge in [-0.1, -0.05) is 17.7 Å². The number of hydrogen-bond acceptors (Lipinski definition) is 3. The van der Waals surface area contributed by atoms with E-state index < -0.39 is 18.0 Å². The predicted molar refractivity (Wildman–Crippen MR) is 72.1 cm³/mol. The molecule has 0 saturated heterocycles. The molecule has 0 aromatic carbocycles. The highest BCUT2D eigenvalue weighted by atomic mass is 35.5. The molecule has 0 aliphatic heterocycles. The number of alkyl halides is 3. The van der Waals surface area contributed by atoms with Crippen molar-refractivity contribution in [2.45, 2.75) is 26.1 Å². The van der Waals surface area contributed by atoms with Crippen LogP contribution in [0, 0.1) is 13.8 Å². The number of pyridine rings is 1. The Morgan fingerprint density at radius 2 is 1.90 bits per heavy atom. The molecule has 0 aliphatic rings. The molecular formula is C13H11ClF3NOS. The van der Waals surface area contributed by atoms with Gasteiger partial charge in [-0.2, -0.15) is 13.2 Å². The minimum Gasteiger partial charge on any atom is -0.384 e. The highest BCUT2D eigenvalue weighted by molar-refractivity contribution is 7.12. The average Bonchev–Trinajstić information content (AvgIpc) is 2.66. The molecule has 2 heterocycles. The molecule has 0 fully saturated rings. The van der Waals surface area contributed by atoms with Crippen LogP contribution in [-0.2, 0) is 6.18 Å². The molecule has 1 atom stereocenters. The molecule has 0 aliphatic carbocycles. The summed E-state index contributed by atoms with van der Waals surface area (Å²) >= 11 is 7.27. The van der Waals surface area contributed by atoms with Gasteiger partial charge in [0.15, 0.2) is 0 Å². The number of hydrogen-bond donors (Lipinski definition) is 1. The standard InChI is InChI=1S/C13H11ClF3NOS/c1-6-5-9(7(2)20-6)11(19)8-3-4-10(13(15,16)17)18-12(8)14/h3-5,11,19H,1-2H3. The highest BCUT2D eigenvalue weighted by Crippen LogP contribution is 2.35. The van der Waals surface area contributed by atoms with Crippen LogP contribution in [0.3, 0.4) is 0 Å². The van der Waals surface area contributed by atoms with Crippen molar-refractivity contribution < 1.29 is 18.3 Å². The van der Waals surface area contributed by atoms with Gasteiger partial charge < -0.3 is 5.11 Å². The van der Waals surface area contributed by atoms with Gasteiger partial charge in [0, 0.05) is 15.3 Å². The fourth-order valence-electron chi connectivity index (χ4n) is 1.90. The smallest absolute Gasteiger partial charge is 0.384 e. The van der Waals surface area contributed by atoms with Gasteiger partial charge in [-0.15, -0.1) is 11.3 Å². The Balaban J connectivity index is 2.41. The van der Waals surface area contributed by atoms with Gasteiger partial charge in [-0.05, 0) is 31.5 Å². The second kappa shape index (κ2) is 5.35. The molecule has 0 amide bonds. The SMILES string of the molecule is Cc1cc(C(O)c2ccc(C(F)(F)F)nc2Cl)c(C)s1. The lowest BCUT2D eigenvalue weighted by atomic mass is 10.0. The van der Waals surface area contributed by atoms with E-state index in [9.17, 15) is 18.3 Å². The molecule has 2 aromatic rings. The van der Waals surface area contributed by atoms with Crippen LogP contribution in [0.25, 0.3) is 0 Å². The summed E-state index contributed by atoms with van der Waals surface area (Å²) in [5.74, 6) is 0. The molecular weight excluding hydrogens is 311 g/mol. The molecule has 0 saturated carbocycles. The molecule has 2 rings (SSSR count). The maximum absolute atomic E-state index is 12.5. The number of aliphatic hydroxyl groups excluding tert-OH is 1. The first-order valence-corrected chi connectivity index (χ1v) is 6.88. The Morgan fingerprint density at radius 1 is 1.25 bits per heavy atom. The quantitative estimate of drug-likeness (QED) is 0.825. The third kappa shape index (κ3) is 2.97. The van der Waals surface area contributed by atoms with Crippen molar-refractivity contribution in [2.24, 2.45) is 0 Å². The summed E-state index contributed by atoms with van der Waals surface area (Å²) in [5.41, 5.74) is -0.270. The van der Waals surface area contributed by atoms with Crippen LogP contribution in [0.15, 0.2) is 18.2 Å². The summed E-state index contributed by atoms with van der Waals surface area (Å²) in [5, 5.41) is 9.92. The molecule has 7 heteroatoms. The second-order valence-corrected chi connectivity index (χ2v) is 6.16. The van der Waals surface area contributed by atoms with E-state index in [-0.39, 0.29) is 10.7 Å². The summed E-state index contributed by atoms with van der Waals surface area (Å²) in [7, 11) is 0. The molecule has 2 aromatic heterocycles. The van der Waals surface area contributed by atoms with Crippen LogP contribution in [-0.4, -0.2) is 10.1 Å². The topological polar surface area (TPSA) is 33.1 Å². The first kappa shape index (κ1) is 15.3. The van der Waals surface area contributed by atoms with Crippen molar-refractivity contribution in [3.8, 4) is 0 Å². The largest absolute Gasteiger partial charge is 0.433 e. The molecule has 1 N–H and O–H groups in total. The number of aryl methyl sites for hydroxylation is 2. The zero-order valence-electron chi connectivity index (χ0n) is 10.6.